The monoisotopic (exact) mass is 425 g/mol. The molecular weight excluding hydrogens is 415 g/mol. The van der Waals surface area contributed by atoms with Gasteiger partial charge in [0.1, 0.15) is 0 Å². The van der Waals surface area contributed by atoms with E-state index in [-0.39, 0.29) is 0 Å². The lowest BCUT2D eigenvalue weighted by molar-refractivity contribution is -0.137. The summed E-state index contributed by atoms with van der Waals surface area (Å²) >= 11 is 4.91. The van der Waals surface area contributed by atoms with Crippen molar-refractivity contribution >= 4 is 49.4 Å². The van der Waals surface area contributed by atoms with E-state index in [9.17, 15) is 13.2 Å². The Morgan fingerprint density at radius 1 is 1.12 bits per heavy atom. The molecular formula is C17H11BrF3N3S. The SMILES string of the molecule is FC(F)(F)c1ccc(NC2=NCc3c([nH]c4ccc(Br)cc34)S2)cc1. The molecule has 1 aromatic heterocycles. The summed E-state index contributed by atoms with van der Waals surface area (Å²) in [5.74, 6) is 0. The molecule has 0 spiro atoms. The van der Waals surface area contributed by atoms with Crippen molar-refractivity contribution in [2.45, 2.75) is 17.7 Å². The summed E-state index contributed by atoms with van der Waals surface area (Å²) in [5.41, 5.74) is 2.06. The van der Waals surface area contributed by atoms with E-state index < -0.39 is 11.7 Å². The largest absolute Gasteiger partial charge is 0.416 e. The molecule has 2 N–H and O–H groups in total. The normalized spacial score (nSPS) is 14.3. The van der Waals surface area contributed by atoms with E-state index in [4.69, 9.17) is 0 Å². The fourth-order valence-corrected chi connectivity index (χ4v) is 3.96. The Labute approximate surface area is 153 Å². The first-order chi connectivity index (χ1) is 11.9. The van der Waals surface area contributed by atoms with E-state index in [1.165, 1.54) is 23.9 Å². The average molecular weight is 426 g/mol. The Balaban J connectivity index is 1.55. The van der Waals surface area contributed by atoms with Crippen molar-refractivity contribution in [1.29, 1.82) is 0 Å². The van der Waals surface area contributed by atoms with Gasteiger partial charge in [-0.2, -0.15) is 13.2 Å². The topological polar surface area (TPSA) is 40.2 Å². The van der Waals surface area contributed by atoms with Crippen LogP contribution in [0, 0.1) is 0 Å². The van der Waals surface area contributed by atoms with Crippen molar-refractivity contribution in [3.8, 4) is 0 Å². The van der Waals surface area contributed by atoms with Crippen LogP contribution in [0.5, 0.6) is 0 Å². The van der Waals surface area contributed by atoms with Gasteiger partial charge in [-0.15, -0.1) is 0 Å². The second-order valence-electron chi connectivity index (χ2n) is 5.55. The number of halogens is 4. The Morgan fingerprint density at radius 2 is 1.88 bits per heavy atom. The van der Waals surface area contributed by atoms with Gasteiger partial charge in [0.25, 0.3) is 0 Å². The van der Waals surface area contributed by atoms with Crippen LogP contribution in [-0.4, -0.2) is 10.2 Å². The maximum absolute atomic E-state index is 12.6. The average Bonchev–Trinajstić information content (AvgIpc) is 2.91. The standard InChI is InChI=1S/C17H11BrF3N3S/c18-10-3-6-14-12(7-10)13-8-22-16(25-15(13)24-14)23-11-4-1-9(2-5-11)17(19,20)21/h1-7,24H,8H2,(H,22,23). The highest BCUT2D eigenvalue weighted by Crippen LogP contribution is 2.36. The van der Waals surface area contributed by atoms with Crippen LogP contribution in [0.4, 0.5) is 18.9 Å². The maximum Gasteiger partial charge on any atom is 0.416 e. The van der Waals surface area contributed by atoms with Crippen molar-refractivity contribution < 1.29 is 13.2 Å². The van der Waals surface area contributed by atoms with E-state index in [1.54, 1.807) is 0 Å². The lowest BCUT2D eigenvalue weighted by atomic mass is 10.2. The third kappa shape index (κ3) is 3.28. The van der Waals surface area contributed by atoms with E-state index in [0.717, 1.165) is 38.1 Å². The third-order valence-corrected chi connectivity index (χ3v) is 5.34. The van der Waals surface area contributed by atoms with Gasteiger partial charge in [-0.05, 0) is 54.2 Å². The third-order valence-electron chi connectivity index (χ3n) is 3.87. The number of anilines is 1. The number of aromatic nitrogens is 1. The molecule has 1 aliphatic rings. The number of hydrogen-bond acceptors (Lipinski definition) is 3. The van der Waals surface area contributed by atoms with Crippen LogP contribution in [0.1, 0.15) is 11.1 Å². The number of aromatic amines is 1. The Hall–Kier alpha value is -1.93. The first-order valence-electron chi connectivity index (χ1n) is 7.37. The van der Waals surface area contributed by atoms with E-state index >= 15 is 0 Å². The molecule has 4 rings (SSSR count). The van der Waals surface area contributed by atoms with Gasteiger partial charge >= 0.3 is 6.18 Å². The van der Waals surface area contributed by atoms with Crippen LogP contribution in [0.15, 0.2) is 57.0 Å². The second-order valence-corrected chi connectivity index (χ2v) is 7.46. The molecule has 25 heavy (non-hydrogen) atoms. The molecule has 3 nitrogen and oxygen atoms in total. The van der Waals surface area contributed by atoms with Gasteiger partial charge in [0.05, 0.1) is 17.1 Å². The first kappa shape index (κ1) is 16.5. The lowest BCUT2D eigenvalue weighted by Gasteiger charge is -2.14. The van der Waals surface area contributed by atoms with Crippen molar-refractivity contribution in [2.75, 3.05) is 5.32 Å². The van der Waals surface area contributed by atoms with Crippen LogP contribution >= 0.6 is 27.7 Å². The molecule has 1 aliphatic heterocycles. The van der Waals surface area contributed by atoms with E-state index in [0.29, 0.717) is 17.4 Å². The predicted molar refractivity (Wildman–Crippen MR) is 98.1 cm³/mol. The number of amidine groups is 1. The molecule has 2 heterocycles. The highest BCUT2D eigenvalue weighted by Gasteiger charge is 2.30. The molecule has 128 valence electrons. The zero-order chi connectivity index (χ0) is 17.6. The number of hydrogen-bond donors (Lipinski definition) is 2. The van der Waals surface area contributed by atoms with E-state index in [1.807, 2.05) is 12.1 Å². The summed E-state index contributed by atoms with van der Waals surface area (Å²) in [5, 5.41) is 5.84. The smallest absolute Gasteiger partial charge is 0.349 e. The van der Waals surface area contributed by atoms with Gasteiger partial charge in [0.15, 0.2) is 5.17 Å². The van der Waals surface area contributed by atoms with Crippen LogP contribution in [0.2, 0.25) is 0 Å². The van der Waals surface area contributed by atoms with Gasteiger partial charge in [-0.1, -0.05) is 15.9 Å². The Kier molecular flexibility index (Phi) is 4.04. The second kappa shape index (κ2) is 6.10. The van der Waals surface area contributed by atoms with Gasteiger partial charge in [0.2, 0.25) is 0 Å². The minimum absolute atomic E-state index is 0.516. The molecule has 0 fully saturated rings. The highest BCUT2D eigenvalue weighted by molar-refractivity contribution is 9.10. The van der Waals surface area contributed by atoms with Gasteiger partial charge in [-0.3, -0.25) is 4.99 Å². The maximum atomic E-state index is 12.6. The number of rotatable bonds is 1. The number of thioether (sulfide) groups is 1. The van der Waals surface area contributed by atoms with Crippen molar-refractivity contribution in [3.05, 3.63) is 58.1 Å². The number of H-pyrrole nitrogens is 1. The zero-order valence-electron chi connectivity index (χ0n) is 12.6. The molecule has 0 saturated heterocycles. The number of fused-ring (bicyclic) bond motifs is 3. The fraction of sp³-hybridized carbons (Fsp3) is 0.118. The molecule has 0 unspecified atom stereocenters. The summed E-state index contributed by atoms with van der Waals surface area (Å²) in [7, 11) is 0. The van der Waals surface area contributed by atoms with Crippen molar-refractivity contribution in [2.24, 2.45) is 4.99 Å². The van der Waals surface area contributed by atoms with Gasteiger partial charge in [0, 0.05) is 26.6 Å². The summed E-state index contributed by atoms with van der Waals surface area (Å²) in [4.78, 5) is 7.86. The predicted octanol–water partition coefficient (Wildman–Crippen LogP) is 6.02. The molecule has 8 heteroatoms. The van der Waals surface area contributed by atoms with Crippen LogP contribution in [0.3, 0.4) is 0 Å². The quantitative estimate of drug-likeness (QED) is 0.500. The summed E-state index contributed by atoms with van der Waals surface area (Å²) in [6.45, 7) is 0.516. The van der Waals surface area contributed by atoms with Crippen LogP contribution in [0.25, 0.3) is 10.9 Å². The van der Waals surface area contributed by atoms with Crippen molar-refractivity contribution in [1.82, 2.24) is 4.98 Å². The lowest BCUT2D eigenvalue weighted by Crippen LogP contribution is -2.12. The molecule has 0 radical (unpaired) electrons. The zero-order valence-corrected chi connectivity index (χ0v) is 15.0. The number of nitrogens with one attached hydrogen (secondary N) is 2. The Morgan fingerprint density at radius 3 is 2.60 bits per heavy atom. The number of benzene rings is 2. The molecule has 0 amide bonds. The number of aliphatic imine (C=N–C) groups is 1. The first-order valence-corrected chi connectivity index (χ1v) is 8.98. The van der Waals surface area contributed by atoms with Crippen LogP contribution < -0.4 is 5.32 Å². The minimum atomic E-state index is -4.33. The molecule has 2 aromatic carbocycles. The van der Waals surface area contributed by atoms with Crippen molar-refractivity contribution in [3.63, 3.8) is 0 Å². The fourth-order valence-electron chi connectivity index (χ4n) is 2.65. The minimum Gasteiger partial charge on any atom is -0.349 e. The summed E-state index contributed by atoms with van der Waals surface area (Å²) in [6.07, 6.45) is -4.33. The summed E-state index contributed by atoms with van der Waals surface area (Å²) in [6, 6.07) is 10.9. The van der Waals surface area contributed by atoms with E-state index in [2.05, 4.69) is 37.3 Å². The highest BCUT2D eigenvalue weighted by atomic mass is 79.9. The number of alkyl halides is 3. The number of nitrogens with zero attached hydrogens (tertiary/aromatic N) is 1. The molecule has 3 aromatic rings. The molecule has 0 atom stereocenters. The molecule has 0 bridgehead atoms. The summed E-state index contributed by atoms with van der Waals surface area (Å²) < 4.78 is 38.9. The van der Waals surface area contributed by atoms with Gasteiger partial charge in [-0.25, -0.2) is 0 Å². The Bertz CT molecular complexity index is 977. The molecule has 0 saturated carbocycles. The molecule has 0 aliphatic carbocycles. The van der Waals surface area contributed by atoms with Gasteiger partial charge < -0.3 is 10.3 Å². The van der Waals surface area contributed by atoms with Crippen LogP contribution in [-0.2, 0) is 12.7 Å².